The number of H-pyrrole nitrogens is 1. The van der Waals surface area contributed by atoms with E-state index in [4.69, 9.17) is 4.74 Å². The first kappa shape index (κ1) is 19.0. The van der Waals surface area contributed by atoms with Crippen molar-refractivity contribution >= 4 is 20.9 Å². The quantitative estimate of drug-likeness (QED) is 0.664. The lowest BCUT2D eigenvalue weighted by Crippen LogP contribution is -2.13. The highest BCUT2D eigenvalue weighted by Crippen LogP contribution is 2.39. The second-order valence-electron chi connectivity index (χ2n) is 7.80. The van der Waals surface area contributed by atoms with E-state index in [0.29, 0.717) is 16.7 Å². The highest BCUT2D eigenvalue weighted by atomic mass is 32.2. The zero-order chi connectivity index (χ0) is 19.7. The summed E-state index contributed by atoms with van der Waals surface area (Å²) < 4.78 is 28.9. The summed E-state index contributed by atoms with van der Waals surface area (Å²) >= 11 is 0. The second-order valence-corrected chi connectivity index (χ2v) is 9.82. The normalized spacial score (nSPS) is 16.5. The smallest absolute Gasteiger partial charge is 0.175 e. The molecular formula is C22H26N2O3S. The van der Waals surface area contributed by atoms with Crippen LogP contribution in [0, 0.1) is 5.92 Å². The molecule has 1 unspecified atom stereocenters. The van der Waals surface area contributed by atoms with Gasteiger partial charge in [-0.25, -0.2) is 13.4 Å². The molecule has 2 heterocycles. The lowest BCUT2D eigenvalue weighted by molar-refractivity contribution is 0.413. The molecule has 1 atom stereocenters. The SMILES string of the molecule is COc1cnc2[nH]c(CC(c3ccc(S(C)(=O)=O)cc3)C3CCCC3)cc2c1. The molecule has 1 N–H and O–H groups in total. The molecule has 3 aromatic rings. The molecule has 1 aliphatic carbocycles. The molecule has 6 heteroatoms. The van der Waals surface area contributed by atoms with E-state index in [1.54, 1.807) is 25.4 Å². The van der Waals surface area contributed by atoms with Crippen molar-refractivity contribution in [2.75, 3.05) is 13.4 Å². The number of nitrogens with zero attached hydrogens (tertiary/aromatic N) is 1. The van der Waals surface area contributed by atoms with Crippen LogP contribution >= 0.6 is 0 Å². The van der Waals surface area contributed by atoms with Crippen LogP contribution in [0.5, 0.6) is 5.75 Å². The van der Waals surface area contributed by atoms with Gasteiger partial charge in [0, 0.05) is 17.3 Å². The first-order chi connectivity index (χ1) is 13.4. The first-order valence-corrected chi connectivity index (χ1v) is 11.6. The first-order valence-electron chi connectivity index (χ1n) is 9.75. The predicted octanol–water partition coefficient (Wildman–Crippen LogP) is 4.49. The summed E-state index contributed by atoms with van der Waals surface area (Å²) in [6.45, 7) is 0. The molecule has 0 bridgehead atoms. The average molecular weight is 399 g/mol. The number of pyridine rings is 1. The zero-order valence-corrected chi connectivity index (χ0v) is 17.1. The second kappa shape index (κ2) is 7.59. The van der Waals surface area contributed by atoms with Crippen LogP contribution in [0.4, 0.5) is 0 Å². The number of hydrogen-bond acceptors (Lipinski definition) is 4. The Labute approximate surface area is 166 Å². The van der Waals surface area contributed by atoms with Crippen LogP contribution in [0.2, 0.25) is 0 Å². The molecule has 1 fully saturated rings. The molecule has 5 nitrogen and oxygen atoms in total. The summed E-state index contributed by atoms with van der Waals surface area (Å²) in [5.41, 5.74) is 3.23. The lowest BCUT2D eigenvalue weighted by Gasteiger charge is -2.24. The number of rotatable bonds is 6. The largest absolute Gasteiger partial charge is 0.495 e. The summed E-state index contributed by atoms with van der Waals surface area (Å²) in [6, 6.07) is 11.6. The van der Waals surface area contributed by atoms with E-state index >= 15 is 0 Å². The summed E-state index contributed by atoms with van der Waals surface area (Å²) in [7, 11) is -1.53. The van der Waals surface area contributed by atoms with Crippen molar-refractivity contribution in [2.45, 2.75) is 42.9 Å². The third kappa shape index (κ3) is 3.92. The number of sulfone groups is 1. The van der Waals surface area contributed by atoms with Gasteiger partial charge in [-0.05, 0) is 60.9 Å². The minimum atomic E-state index is -3.17. The molecule has 0 saturated heterocycles. The minimum absolute atomic E-state index is 0.367. The number of benzene rings is 1. The van der Waals surface area contributed by atoms with Gasteiger partial charge < -0.3 is 9.72 Å². The Morgan fingerprint density at radius 3 is 2.54 bits per heavy atom. The topological polar surface area (TPSA) is 72.0 Å². The van der Waals surface area contributed by atoms with E-state index in [1.165, 1.54) is 37.5 Å². The molecule has 148 valence electrons. The fourth-order valence-corrected chi connectivity index (χ4v) is 5.02. The fourth-order valence-electron chi connectivity index (χ4n) is 4.39. The van der Waals surface area contributed by atoms with E-state index in [1.807, 2.05) is 18.2 Å². The lowest BCUT2D eigenvalue weighted by atomic mass is 9.82. The van der Waals surface area contributed by atoms with Crippen molar-refractivity contribution in [1.82, 2.24) is 9.97 Å². The van der Waals surface area contributed by atoms with Gasteiger partial charge in [0.15, 0.2) is 9.84 Å². The van der Waals surface area contributed by atoms with E-state index in [-0.39, 0.29) is 0 Å². The summed E-state index contributed by atoms with van der Waals surface area (Å²) in [6.07, 6.45) is 8.86. The molecule has 1 aliphatic rings. The fraction of sp³-hybridized carbons (Fsp3) is 0.409. The van der Waals surface area contributed by atoms with Gasteiger partial charge in [0.05, 0.1) is 18.2 Å². The highest BCUT2D eigenvalue weighted by molar-refractivity contribution is 7.90. The maximum absolute atomic E-state index is 11.8. The Kier molecular flexibility index (Phi) is 5.15. The summed E-state index contributed by atoms with van der Waals surface area (Å²) in [4.78, 5) is 8.26. The van der Waals surface area contributed by atoms with Crippen molar-refractivity contribution in [2.24, 2.45) is 5.92 Å². The summed E-state index contributed by atoms with van der Waals surface area (Å²) in [5, 5.41) is 1.05. The van der Waals surface area contributed by atoms with E-state index in [9.17, 15) is 8.42 Å². The molecule has 0 aliphatic heterocycles. The number of ether oxygens (including phenoxy) is 1. The molecule has 28 heavy (non-hydrogen) atoms. The Morgan fingerprint density at radius 1 is 1.18 bits per heavy atom. The van der Waals surface area contributed by atoms with Gasteiger partial charge in [-0.2, -0.15) is 0 Å². The molecule has 0 amide bonds. The van der Waals surface area contributed by atoms with Crippen molar-refractivity contribution in [3.63, 3.8) is 0 Å². The number of hydrogen-bond donors (Lipinski definition) is 1. The number of methoxy groups -OCH3 is 1. The maximum Gasteiger partial charge on any atom is 0.175 e. The molecule has 0 spiro atoms. The number of fused-ring (bicyclic) bond motifs is 1. The molecule has 2 aromatic heterocycles. The van der Waals surface area contributed by atoms with Crippen LogP contribution in [0.15, 0.2) is 47.5 Å². The van der Waals surface area contributed by atoms with Gasteiger partial charge in [0.25, 0.3) is 0 Å². The summed E-state index contributed by atoms with van der Waals surface area (Å²) in [5.74, 6) is 1.74. The Bertz CT molecular complexity index is 1060. The predicted molar refractivity (Wildman–Crippen MR) is 111 cm³/mol. The van der Waals surface area contributed by atoms with Gasteiger partial charge in [0.1, 0.15) is 11.4 Å². The standard InChI is InChI=1S/C22H26N2O3S/c1-27-19-12-17-11-18(24-22(17)23-14-19)13-21(15-5-3-4-6-15)16-7-9-20(10-8-16)28(2,25)26/h7-12,14-15,21H,3-6,13H2,1-2H3,(H,23,24). The van der Waals surface area contributed by atoms with E-state index in [0.717, 1.165) is 28.9 Å². The molecule has 1 aromatic carbocycles. The third-order valence-electron chi connectivity index (χ3n) is 5.88. The Morgan fingerprint density at radius 2 is 1.89 bits per heavy atom. The van der Waals surface area contributed by atoms with Crippen LogP contribution in [-0.2, 0) is 16.3 Å². The van der Waals surface area contributed by atoms with E-state index in [2.05, 4.69) is 16.0 Å². The van der Waals surface area contributed by atoms with Crippen LogP contribution < -0.4 is 4.74 Å². The van der Waals surface area contributed by atoms with Crippen LogP contribution in [0.25, 0.3) is 11.0 Å². The molecule has 1 saturated carbocycles. The maximum atomic E-state index is 11.8. The van der Waals surface area contributed by atoms with Crippen LogP contribution in [-0.4, -0.2) is 31.8 Å². The van der Waals surface area contributed by atoms with Crippen molar-refractivity contribution in [1.29, 1.82) is 0 Å². The van der Waals surface area contributed by atoms with Crippen LogP contribution in [0.3, 0.4) is 0 Å². The highest BCUT2D eigenvalue weighted by Gasteiger charge is 2.27. The Balaban J connectivity index is 1.65. The third-order valence-corrected chi connectivity index (χ3v) is 7.01. The van der Waals surface area contributed by atoms with Gasteiger partial charge >= 0.3 is 0 Å². The van der Waals surface area contributed by atoms with E-state index < -0.39 is 9.84 Å². The monoisotopic (exact) mass is 398 g/mol. The van der Waals surface area contributed by atoms with Crippen molar-refractivity contribution < 1.29 is 13.2 Å². The molecular weight excluding hydrogens is 372 g/mol. The number of nitrogens with one attached hydrogen (secondary N) is 1. The van der Waals surface area contributed by atoms with Gasteiger partial charge in [-0.3, -0.25) is 0 Å². The average Bonchev–Trinajstić information content (AvgIpc) is 3.34. The molecule has 0 radical (unpaired) electrons. The number of aromatic nitrogens is 2. The van der Waals surface area contributed by atoms with Crippen molar-refractivity contribution in [3.05, 3.63) is 53.9 Å². The number of aromatic amines is 1. The molecule has 4 rings (SSSR count). The van der Waals surface area contributed by atoms with Gasteiger partial charge in [-0.1, -0.05) is 25.0 Å². The van der Waals surface area contributed by atoms with Crippen LogP contribution in [0.1, 0.15) is 42.9 Å². The Hall–Kier alpha value is -2.34. The van der Waals surface area contributed by atoms with Gasteiger partial charge in [-0.15, -0.1) is 0 Å². The minimum Gasteiger partial charge on any atom is -0.495 e. The zero-order valence-electron chi connectivity index (χ0n) is 16.3. The van der Waals surface area contributed by atoms with Crippen molar-refractivity contribution in [3.8, 4) is 5.75 Å². The van der Waals surface area contributed by atoms with Gasteiger partial charge in [0.2, 0.25) is 0 Å².